The summed E-state index contributed by atoms with van der Waals surface area (Å²) in [6, 6.07) is 17.8. The summed E-state index contributed by atoms with van der Waals surface area (Å²) in [5, 5.41) is 2.95. The summed E-state index contributed by atoms with van der Waals surface area (Å²) in [5.74, 6) is 0.00893. The maximum absolute atomic E-state index is 12.0. The van der Waals surface area contributed by atoms with Gasteiger partial charge in [-0.2, -0.15) is 0 Å². The van der Waals surface area contributed by atoms with Crippen molar-refractivity contribution in [2.24, 2.45) is 0 Å². The van der Waals surface area contributed by atoms with Gasteiger partial charge >= 0.3 is 0 Å². The van der Waals surface area contributed by atoms with Crippen LogP contribution in [0.5, 0.6) is 0 Å². The number of benzene rings is 2. The zero-order valence-corrected chi connectivity index (χ0v) is 14.3. The molecule has 126 valence electrons. The number of carbonyl (C=O) groups is 2. The van der Waals surface area contributed by atoms with Gasteiger partial charge in [-0.25, -0.2) is 0 Å². The van der Waals surface area contributed by atoms with Crippen LogP contribution in [0.4, 0.5) is 5.69 Å². The summed E-state index contributed by atoms with van der Waals surface area (Å²) < 4.78 is 0. The van der Waals surface area contributed by atoms with E-state index in [1.165, 1.54) is 12.5 Å². The van der Waals surface area contributed by atoms with E-state index in [0.29, 0.717) is 13.0 Å². The molecular weight excluding hydrogens is 300 g/mol. The highest BCUT2D eigenvalue weighted by molar-refractivity contribution is 5.90. The molecule has 24 heavy (non-hydrogen) atoms. The van der Waals surface area contributed by atoms with Gasteiger partial charge in [-0.15, -0.1) is 0 Å². The quantitative estimate of drug-likeness (QED) is 0.796. The molecule has 0 atom stereocenters. The Bertz CT molecular complexity index is 666. The van der Waals surface area contributed by atoms with E-state index >= 15 is 0 Å². The first-order valence-corrected chi connectivity index (χ1v) is 8.20. The molecule has 0 aromatic heterocycles. The van der Waals surface area contributed by atoms with E-state index in [9.17, 15) is 9.59 Å². The fraction of sp³-hybridized carbons (Fsp3) is 0.300. The Labute approximate surface area is 143 Å². The van der Waals surface area contributed by atoms with Crippen LogP contribution in [0.2, 0.25) is 0 Å². The normalized spacial score (nSPS) is 10.2. The summed E-state index contributed by atoms with van der Waals surface area (Å²) in [5.41, 5.74) is 3.06. The Balaban J connectivity index is 1.73. The lowest BCUT2D eigenvalue weighted by Gasteiger charge is -2.15. The lowest BCUT2D eigenvalue weighted by atomic mass is 10.1. The van der Waals surface area contributed by atoms with Crippen LogP contribution in [-0.4, -0.2) is 25.4 Å². The lowest BCUT2D eigenvalue weighted by molar-refractivity contribution is -0.120. The summed E-state index contributed by atoms with van der Waals surface area (Å²) >= 11 is 0. The number of carbonyl (C=O) groups excluding carboxylic acids is 2. The predicted molar refractivity (Wildman–Crippen MR) is 97.0 cm³/mol. The number of anilines is 1. The number of aryl methyl sites for hydroxylation is 1. The van der Waals surface area contributed by atoms with E-state index in [4.69, 9.17) is 0 Å². The highest BCUT2D eigenvalue weighted by Gasteiger charge is 2.07. The van der Waals surface area contributed by atoms with Gasteiger partial charge in [0.1, 0.15) is 0 Å². The minimum absolute atomic E-state index is 0.0149. The molecular formula is C20H24N2O2. The van der Waals surface area contributed by atoms with Crippen LogP contribution < -0.4 is 10.2 Å². The number of amides is 2. The number of rotatable bonds is 7. The number of hydrogen-bond acceptors (Lipinski definition) is 2. The molecule has 2 rings (SSSR count). The molecule has 0 heterocycles. The molecule has 0 saturated heterocycles. The third-order valence-electron chi connectivity index (χ3n) is 3.97. The lowest BCUT2D eigenvalue weighted by Crippen LogP contribution is -2.26. The molecule has 4 nitrogen and oxygen atoms in total. The predicted octanol–water partition coefficient (Wildman–Crippen LogP) is 2.96. The van der Waals surface area contributed by atoms with Crippen LogP contribution in [0.15, 0.2) is 54.6 Å². The fourth-order valence-electron chi connectivity index (χ4n) is 2.43. The molecule has 1 N–H and O–H groups in total. The number of nitrogens with one attached hydrogen (secondary N) is 1. The van der Waals surface area contributed by atoms with Gasteiger partial charge in [-0.05, 0) is 36.1 Å². The Morgan fingerprint density at radius 2 is 1.62 bits per heavy atom. The molecule has 0 saturated carbocycles. The first-order valence-electron chi connectivity index (χ1n) is 8.20. The maximum atomic E-state index is 12.0. The largest absolute Gasteiger partial charge is 0.356 e. The average molecular weight is 324 g/mol. The molecule has 0 unspecified atom stereocenters. The van der Waals surface area contributed by atoms with E-state index in [2.05, 4.69) is 17.4 Å². The topological polar surface area (TPSA) is 49.4 Å². The highest BCUT2D eigenvalue weighted by Crippen LogP contribution is 2.14. The van der Waals surface area contributed by atoms with Crippen molar-refractivity contribution < 1.29 is 9.59 Å². The van der Waals surface area contributed by atoms with Gasteiger partial charge in [0.25, 0.3) is 0 Å². The Morgan fingerprint density at radius 1 is 0.958 bits per heavy atom. The number of hydrogen-bond donors (Lipinski definition) is 1. The van der Waals surface area contributed by atoms with Crippen LogP contribution in [-0.2, 0) is 22.4 Å². The van der Waals surface area contributed by atoms with Gasteiger partial charge in [-0.1, -0.05) is 42.5 Å². The fourth-order valence-corrected chi connectivity index (χ4v) is 2.43. The van der Waals surface area contributed by atoms with Crippen molar-refractivity contribution in [1.29, 1.82) is 0 Å². The zero-order valence-electron chi connectivity index (χ0n) is 14.3. The number of nitrogens with zero attached hydrogens (tertiary/aromatic N) is 1. The summed E-state index contributed by atoms with van der Waals surface area (Å²) in [4.78, 5) is 24.9. The monoisotopic (exact) mass is 324 g/mol. The van der Waals surface area contributed by atoms with Crippen LogP contribution >= 0.6 is 0 Å². The van der Waals surface area contributed by atoms with Gasteiger partial charge in [0.15, 0.2) is 0 Å². The summed E-state index contributed by atoms with van der Waals surface area (Å²) in [6.45, 7) is 2.20. The Morgan fingerprint density at radius 3 is 2.25 bits per heavy atom. The molecule has 0 fully saturated rings. The van der Waals surface area contributed by atoms with Crippen molar-refractivity contribution >= 4 is 17.5 Å². The van der Waals surface area contributed by atoms with Crippen LogP contribution in [0.25, 0.3) is 0 Å². The first kappa shape index (κ1) is 17.7. The van der Waals surface area contributed by atoms with E-state index in [1.807, 2.05) is 42.5 Å². The second kappa shape index (κ2) is 8.87. The van der Waals surface area contributed by atoms with E-state index < -0.39 is 0 Å². The third-order valence-corrected chi connectivity index (χ3v) is 3.97. The Kier molecular flexibility index (Phi) is 6.55. The van der Waals surface area contributed by atoms with E-state index in [0.717, 1.165) is 24.1 Å². The smallest absolute Gasteiger partial charge is 0.224 e. The molecule has 0 radical (unpaired) electrons. The summed E-state index contributed by atoms with van der Waals surface area (Å²) in [7, 11) is 1.73. The molecule has 0 aliphatic carbocycles. The van der Waals surface area contributed by atoms with Crippen molar-refractivity contribution in [2.75, 3.05) is 18.5 Å². The third kappa shape index (κ3) is 5.54. The minimum atomic E-state index is -0.0149. The SMILES string of the molecule is CC(=O)N(C)c1ccc(CC(=O)NCCCc2ccccc2)cc1. The van der Waals surface area contributed by atoms with Gasteiger partial charge in [0.05, 0.1) is 6.42 Å². The molecule has 0 spiro atoms. The average Bonchev–Trinajstić information content (AvgIpc) is 2.59. The second-order valence-corrected chi connectivity index (χ2v) is 5.86. The Hall–Kier alpha value is -2.62. The molecule has 0 aliphatic rings. The van der Waals surface area contributed by atoms with Crippen molar-refractivity contribution in [3.8, 4) is 0 Å². The highest BCUT2D eigenvalue weighted by atomic mass is 16.2. The van der Waals surface area contributed by atoms with Gasteiger partial charge in [0, 0.05) is 26.2 Å². The van der Waals surface area contributed by atoms with Crippen molar-refractivity contribution in [3.63, 3.8) is 0 Å². The van der Waals surface area contributed by atoms with Gasteiger partial charge in [0.2, 0.25) is 11.8 Å². The molecule has 2 amide bonds. The van der Waals surface area contributed by atoms with Crippen LogP contribution in [0.1, 0.15) is 24.5 Å². The van der Waals surface area contributed by atoms with Crippen molar-refractivity contribution in [2.45, 2.75) is 26.2 Å². The molecule has 0 bridgehead atoms. The van der Waals surface area contributed by atoms with E-state index in [1.54, 1.807) is 11.9 Å². The first-order chi connectivity index (χ1) is 11.6. The van der Waals surface area contributed by atoms with Crippen molar-refractivity contribution in [3.05, 3.63) is 65.7 Å². The van der Waals surface area contributed by atoms with Crippen LogP contribution in [0, 0.1) is 0 Å². The van der Waals surface area contributed by atoms with Crippen molar-refractivity contribution in [1.82, 2.24) is 5.32 Å². The maximum Gasteiger partial charge on any atom is 0.224 e. The van der Waals surface area contributed by atoms with Gasteiger partial charge < -0.3 is 10.2 Å². The minimum Gasteiger partial charge on any atom is -0.356 e. The molecule has 2 aromatic carbocycles. The molecule has 4 heteroatoms. The molecule has 0 aliphatic heterocycles. The van der Waals surface area contributed by atoms with E-state index in [-0.39, 0.29) is 11.8 Å². The van der Waals surface area contributed by atoms with Gasteiger partial charge in [-0.3, -0.25) is 9.59 Å². The second-order valence-electron chi connectivity index (χ2n) is 5.86. The standard InChI is InChI=1S/C20H24N2O2/c1-16(23)22(2)19-12-10-18(11-13-19)15-20(24)21-14-6-9-17-7-4-3-5-8-17/h3-5,7-8,10-13H,6,9,14-15H2,1-2H3,(H,21,24). The molecule has 2 aromatic rings. The zero-order chi connectivity index (χ0) is 17.4. The van der Waals surface area contributed by atoms with Crippen LogP contribution in [0.3, 0.4) is 0 Å². The summed E-state index contributed by atoms with van der Waals surface area (Å²) in [6.07, 6.45) is 2.25.